The van der Waals surface area contributed by atoms with Gasteiger partial charge in [-0.3, -0.25) is 4.79 Å². The van der Waals surface area contributed by atoms with Crippen LogP contribution in [-0.4, -0.2) is 33.4 Å². The maximum Gasteiger partial charge on any atom is 0.330 e. The van der Waals surface area contributed by atoms with Crippen LogP contribution in [0.15, 0.2) is 12.7 Å². The highest BCUT2D eigenvalue weighted by molar-refractivity contribution is 5.82. The van der Waals surface area contributed by atoms with Gasteiger partial charge in [0.05, 0.1) is 11.0 Å². The van der Waals surface area contributed by atoms with Crippen LogP contribution in [-0.2, 0) is 14.3 Å². The van der Waals surface area contributed by atoms with E-state index in [9.17, 15) is 19.8 Å². The number of carbonyl (C=O) groups excluding carboxylic acids is 1. The Kier molecular flexibility index (Phi) is 2.48. The molecule has 0 aromatic carbocycles. The molecule has 0 aromatic rings. The van der Waals surface area contributed by atoms with E-state index in [1.165, 1.54) is 0 Å². The second-order valence-corrected chi connectivity index (χ2v) is 7.49. The number of aliphatic carboxylic acids is 1. The van der Waals surface area contributed by atoms with E-state index in [4.69, 9.17) is 4.74 Å². The number of ether oxygens (including phenoxy) is 1. The first-order chi connectivity index (χ1) is 9.14. The fraction of sp³-hybridized carbons (Fsp3) is 0.733. The van der Waals surface area contributed by atoms with Crippen LogP contribution in [0.4, 0.5) is 0 Å². The highest BCUT2D eigenvalue weighted by Gasteiger charge is 2.70. The summed E-state index contributed by atoms with van der Waals surface area (Å²) >= 11 is 0. The SMILES string of the molecule is C=CC(=O)OC12CC3(C)CC(O)(C1)CC(C(=O)O)(C3)C2. The summed E-state index contributed by atoms with van der Waals surface area (Å²) < 4.78 is 5.53. The predicted octanol–water partition coefficient (Wildman–Crippen LogP) is 1.64. The minimum Gasteiger partial charge on any atom is -0.481 e. The zero-order valence-corrected chi connectivity index (χ0v) is 11.6. The van der Waals surface area contributed by atoms with Crippen molar-refractivity contribution in [1.82, 2.24) is 0 Å². The molecule has 0 spiro atoms. The Balaban J connectivity index is 2.04. The van der Waals surface area contributed by atoms with E-state index in [1.54, 1.807) is 0 Å². The van der Waals surface area contributed by atoms with Gasteiger partial charge in [-0.25, -0.2) is 4.79 Å². The third-order valence-corrected chi connectivity index (χ3v) is 5.19. The zero-order chi connectivity index (χ0) is 14.8. The molecule has 5 nitrogen and oxygen atoms in total. The summed E-state index contributed by atoms with van der Waals surface area (Å²) in [5.74, 6) is -1.43. The van der Waals surface area contributed by atoms with Crippen LogP contribution in [0.25, 0.3) is 0 Å². The van der Waals surface area contributed by atoms with Gasteiger partial charge in [0.15, 0.2) is 0 Å². The monoisotopic (exact) mass is 280 g/mol. The Hall–Kier alpha value is -1.36. The number of hydrogen-bond acceptors (Lipinski definition) is 4. The lowest BCUT2D eigenvalue weighted by Crippen LogP contribution is -2.68. The van der Waals surface area contributed by atoms with Gasteiger partial charge in [-0.1, -0.05) is 13.5 Å². The van der Waals surface area contributed by atoms with Crippen molar-refractivity contribution in [3.63, 3.8) is 0 Å². The lowest BCUT2D eigenvalue weighted by molar-refractivity contribution is -0.262. The van der Waals surface area contributed by atoms with Gasteiger partial charge in [0.1, 0.15) is 5.60 Å². The van der Waals surface area contributed by atoms with Gasteiger partial charge in [-0.2, -0.15) is 0 Å². The molecule has 0 amide bonds. The summed E-state index contributed by atoms with van der Waals surface area (Å²) in [4.78, 5) is 23.4. The Labute approximate surface area is 117 Å². The quantitative estimate of drug-likeness (QED) is 0.606. The third kappa shape index (κ3) is 1.79. The number of esters is 1. The second-order valence-electron chi connectivity index (χ2n) is 7.49. The maximum absolute atomic E-state index is 11.8. The molecular formula is C15H20O5. The highest BCUT2D eigenvalue weighted by Crippen LogP contribution is 2.68. The van der Waals surface area contributed by atoms with Crippen molar-refractivity contribution in [3.8, 4) is 0 Å². The molecule has 4 aliphatic carbocycles. The molecule has 0 aromatic heterocycles. The molecule has 4 saturated carbocycles. The summed E-state index contributed by atoms with van der Waals surface area (Å²) in [6, 6.07) is 0. The molecule has 0 aliphatic heterocycles. The van der Waals surface area contributed by atoms with Gasteiger partial charge in [0.2, 0.25) is 0 Å². The minimum atomic E-state index is -1.04. The van der Waals surface area contributed by atoms with Crippen molar-refractivity contribution >= 4 is 11.9 Å². The molecule has 4 unspecified atom stereocenters. The van der Waals surface area contributed by atoms with Crippen LogP contribution < -0.4 is 0 Å². The summed E-state index contributed by atoms with van der Waals surface area (Å²) in [6.07, 6.45) is 3.75. The standard InChI is InChI=1S/C15H20O5/c1-3-10(16)20-15-6-12(2)4-13(8-15,11(17)18)7-14(19,5-12)9-15/h3,19H,1,4-9H2,2H3,(H,17,18). The van der Waals surface area contributed by atoms with Crippen molar-refractivity contribution in [3.05, 3.63) is 12.7 Å². The summed E-state index contributed by atoms with van der Waals surface area (Å²) in [7, 11) is 0. The highest BCUT2D eigenvalue weighted by atomic mass is 16.6. The molecule has 5 heteroatoms. The van der Waals surface area contributed by atoms with Gasteiger partial charge >= 0.3 is 11.9 Å². The molecule has 2 N–H and O–H groups in total. The number of aliphatic hydroxyl groups is 1. The van der Waals surface area contributed by atoms with Gasteiger partial charge < -0.3 is 14.9 Å². The van der Waals surface area contributed by atoms with E-state index < -0.39 is 28.6 Å². The van der Waals surface area contributed by atoms with Crippen molar-refractivity contribution in [1.29, 1.82) is 0 Å². The molecule has 4 rings (SSSR count). The summed E-state index contributed by atoms with van der Waals surface area (Å²) in [6.45, 7) is 5.38. The number of carboxylic acid groups (broad SMARTS) is 1. The first kappa shape index (κ1) is 13.6. The Morgan fingerprint density at radius 1 is 1.15 bits per heavy atom. The molecule has 20 heavy (non-hydrogen) atoms. The predicted molar refractivity (Wildman–Crippen MR) is 69.8 cm³/mol. The molecule has 4 aliphatic rings. The number of carboxylic acids is 1. The van der Waals surface area contributed by atoms with Crippen LogP contribution in [0.2, 0.25) is 0 Å². The molecule has 0 saturated heterocycles. The molecule has 4 bridgehead atoms. The van der Waals surface area contributed by atoms with Gasteiger partial charge in [-0.05, 0) is 31.1 Å². The van der Waals surface area contributed by atoms with Crippen LogP contribution in [0.5, 0.6) is 0 Å². The minimum absolute atomic E-state index is 0.262. The Morgan fingerprint density at radius 2 is 1.85 bits per heavy atom. The van der Waals surface area contributed by atoms with E-state index in [-0.39, 0.29) is 11.8 Å². The van der Waals surface area contributed by atoms with E-state index >= 15 is 0 Å². The summed E-state index contributed by atoms with van der Waals surface area (Å²) in [5, 5.41) is 20.4. The van der Waals surface area contributed by atoms with Crippen LogP contribution in [0.1, 0.15) is 45.4 Å². The summed E-state index contributed by atoms with van der Waals surface area (Å²) in [5.41, 5.74) is -3.16. The van der Waals surface area contributed by atoms with Crippen LogP contribution in [0.3, 0.4) is 0 Å². The third-order valence-electron chi connectivity index (χ3n) is 5.19. The van der Waals surface area contributed by atoms with E-state index in [0.29, 0.717) is 32.1 Å². The topological polar surface area (TPSA) is 83.8 Å². The van der Waals surface area contributed by atoms with Crippen molar-refractivity contribution in [2.24, 2.45) is 10.8 Å². The van der Waals surface area contributed by atoms with Crippen LogP contribution in [0, 0.1) is 10.8 Å². The molecular weight excluding hydrogens is 260 g/mol. The smallest absolute Gasteiger partial charge is 0.330 e. The van der Waals surface area contributed by atoms with E-state index in [0.717, 1.165) is 6.08 Å². The van der Waals surface area contributed by atoms with E-state index in [1.807, 2.05) is 6.92 Å². The second kappa shape index (κ2) is 3.64. The number of hydrogen-bond donors (Lipinski definition) is 2. The van der Waals surface area contributed by atoms with Crippen molar-refractivity contribution < 1.29 is 24.5 Å². The fourth-order valence-corrected chi connectivity index (χ4v) is 5.58. The zero-order valence-electron chi connectivity index (χ0n) is 11.6. The normalized spacial score (nSPS) is 48.9. The van der Waals surface area contributed by atoms with Gasteiger partial charge in [0, 0.05) is 18.9 Å². The lowest BCUT2D eigenvalue weighted by atomic mass is 9.41. The number of carbonyl (C=O) groups is 2. The van der Waals surface area contributed by atoms with Gasteiger partial charge in [-0.15, -0.1) is 0 Å². The van der Waals surface area contributed by atoms with Crippen molar-refractivity contribution in [2.45, 2.75) is 56.7 Å². The maximum atomic E-state index is 11.8. The molecule has 0 radical (unpaired) electrons. The van der Waals surface area contributed by atoms with Crippen LogP contribution >= 0.6 is 0 Å². The fourth-order valence-electron chi connectivity index (χ4n) is 5.58. The van der Waals surface area contributed by atoms with Crippen molar-refractivity contribution in [2.75, 3.05) is 0 Å². The lowest BCUT2D eigenvalue weighted by Gasteiger charge is -2.66. The molecule has 4 fully saturated rings. The largest absolute Gasteiger partial charge is 0.481 e. The molecule has 110 valence electrons. The average molecular weight is 280 g/mol. The molecule has 4 atom stereocenters. The van der Waals surface area contributed by atoms with E-state index in [2.05, 4.69) is 6.58 Å². The molecule has 0 heterocycles. The van der Waals surface area contributed by atoms with Gasteiger partial charge in [0.25, 0.3) is 0 Å². The average Bonchev–Trinajstić information content (AvgIpc) is 2.22. The Bertz CT molecular complexity index is 490. The Morgan fingerprint density at radius 3 is 2.40 bits per heavy atom. The first-order valence-electron chi connectivity index (χ1n) is 6.95. The number of rotatable bonds is 3. The first-order valence-corrected chi connectivity index (χ1v) is 6.95.